The summed E-state index contributed by atoms with van der Waals surface area (Å²) in [4.78, 5) is 72.5. The van der Waals surface area contributed by atoms with E-state index in [1.807, 2.05) is 0 Å². The number of hydrogen-bond acceptors (Lipinski definition) is 15. The standard InChI is InChI=1S/C77H150O17P2/c1-7-10-12-14-15-16-17-18-19-20-21-22-26-29-32-35-38-41-48-54-60-75(80)88-66-73(93-76(81)61-55-49-42-39-36-33-30-27-24-23-25-28-31-34-37-40-46-51-57-69(4)5)68-92-96(85,86)90-64-71(78)63-89-95(83,84)91-67-72(65-87-74(79)59-53-45-13-11-8-2)94-77(82)62-56-50-44-43-47-52-58-70(6)9-3/h69-73,78H,7-68H2,1-6H3,(H,83,84)(H,85,86)/t70?,71-,72+,73+/m0/s1. The van der Waals surface area contributed by atoms with Gasteiger partial charge < -0.3 is 33.8 Å². The molecule has 0 aliphatic rings. The van der Waals surface area contributed by atoms with Crippen molar-refractivity contribution in [3.63, 3.8) is 0 Å². The first-order valence-corrected chi connectivity index (χ1v) is 43.0. The summed E-state index contributed by atoms with van der Waals surface area (Å²) in [5.74, 6) is -0.590. The van der Waals surface area contributed by atoms with Crippen molar-refractivity contribution in [1.82, 2.24) is 0 Å². The molecule has 0 saturated heterocycles. The average Bonchev–Trinajstić information content (AvgIpc) is 1.32. The first-order chi connectivity index (χ1) is 46.4. The van der Waals surface area contributed by atoms with Gasteiger partial charge in [0, 0.05) is 25.7 Å². The fraction of sp³-hybridized carbons (Fsp3) is 0.948. The van der Waals surface area contributed by atoms with Gasteiger partial charge in [0.2, 0.25) is 0 Å². The zero-order valence-corrected chi connectivity index (χ0v) is 64.5. The number of unbranched alkanes of at least 4 members (excludes halogenated alkanes) is 45. The van der Waals surface area contributed by atoms with E-state index in [2.05, 4.69) is 41.5 Å². The zero-order valence-electron chi connectivity index (χ0n) is 62.7. The van der Waals surface area contributed by atoms with Crippen LogP contribution in [0.15, 0.2) is 0 Å². The second-order valence-electron chi connectivity index (χ2n) is 28.5. The Labute approximate surface area is 588 Å². The molecule has 0 aromatic carbocycles. The molecule has 17 nitrogen and oxygen atoms in total. The molecule has 0 aliphatic heterocycles. The van der Waals surface area contributed by atoms with Crippen LogP contribution in [0.3, 0.4) is 0 Å². The normalized spacial score (nSPS) is 14.3. The van der Waals surface area contributed by atoms with E-state index in [1.165, 1.54) is 212 Å². The van der Waals surface area contributed by atoms with Gasteiger partial charge >= 0.3 is 39.5 Å². The van der Waals surface area contributed by atoms with E-state index in [0.717, 1.165) is 108 Å². The highest BCUT2D eigenvalue weighted by Gasteiger charge is 2.30. The van der Waals surface area contributed by atoms with Gasteiger partial charge in [-0.2, -0.15) is 0 Å². The number of rotatable bonds is 76. The Bertz CT molecular complexity index is 1860. The van der Waals surface area contributed by atoms with E-state index in [0.29, 0.717) is 25.7 Å². The monoisotopic (exact) mass is 1410 g/mol. The molecule has 0 aromatic heterocycles. The smallest absolute Gasteiger partial charge is 0.462 e. The lowest BCUT2D eigenvalue weighted by atomic mass is 10.00. The van der Waals surface area contributed by atoms with Crippen LogP contribution in [0.2, 0.25) is 0 Å². The second kappa shape index (κ2) is 68.8. The minimum atomic E-state index is -4.96. The third kappa shape index (κ3) is 69.2. The van der Waals surface area contributed by atoms with Crippen molar-refractivity contribution in [1.29, 1.82) is 0 Å². The Hall–Kier alpha value is -1.94. The summed E-state index contributed by atoms with van der Waals surface area (Å²) in [6.45, 7) is 9.49. The average molecular weight is 1410 g/mol. The van der Waals surface area contributed by atoms with E-state index in [4.69, 9.17) is 37.0 Å². The molecule has 0 rings (SSSR count). The Morgan fingerprint density at radius 1 is 0.302 bits per heavy atom. The van der Waals surface area contributed by atoms with Crippen LogP contribution < -0.4 is 0 Å². The molecule has 0 spiro atoms. The summed E-state index contributed by atoms with van der Waals surface area (Å²) in [5.41, 5.74) is 0. The molecule has 0 saturated carbocycles. The van der Waals surface area contributed by atoms with E-state index in [1.54, 1.807) is 0 Å². The molecule has 3 unspecified atom stereocenters. The SMILES string of the molecule is CCCCCCCCCCCCCCCCCCCCCCC(=O)OC[C@H](COP(=O)(O)OC[C@@H](O)COP(=O)(O)OC[C@@H](COC(=O)CCCCCCC)OC(=O)CCCCCCCCC(C)CC)OC(=O)CCCCCCCCCCCCCCCCCCCCC(C)C. The molecule has 0 bridgehead atoms. The minimum absolute atomic E-state index is 0.102. The summed E-state index contributed by atoms with van der Waals surface area (Å²) in [7, 11) is -9.90. The van der Waals surface area contributed by atoms with Crippen LogP contribution in [0.1, 0.15) is 401 Å². The van der Waals surface area contributed by atoms with Crippen LogP contribution in [0.25, 0.3) is 0 Å². The zero-order chi connectivity index (χ0) is 70.7. The van der Waals surface area contributed by atoms with Crippen molar-refractivity contribution in [3.8, 4) is 0 Å². The molecule has 96 heavy (non-hydrogen) atoms. The third-order valence-corrected chi connectivity index (χ3v) is 20.2. The number of ether oxygens (including phenoxy) is 4. The van der Waals surface area contributed by atoms with Gasteiger partial charge in [-0.3, -0.25) is 37.3 Å². The van der Waals surface area contributed by atoms with Crippen molar-refractivity contribution in [2.24, 2.45) is 11.8 Å². The molecule has 0 heterocycles. The second-order valence-corrected chi connectivity index (χ2v) is 31.4. The molecule has 0 fully saturated rings. The number of carbonyl (C=O) groups excluding carboxylic acids is 4. The fourth-order valence-electron chi connectivity index (χ4n) is 11.8. The van der Waals surface area contributed by atoms with Gasteiger partial charge in [0.1, 0.15) is 19.3 Å². The number of aliphatic hydroxyl groups excluding tert-OH is 1. The fourth-order valence-corrected chi connectivity index (χ4v) is 13.4. The summed E-state index contributed by atoms with van der Waals surface area (Å²) in [6, 6.07) is 0. The Balaban J connectivity index is 5.10. The number of phosphoric ester groups is 2. The molecule has 570 valence electrons. The minimum Gasteiger partial charge on any atom is -0.462 e. The Morgan fingerprint density at radius 3 is 0.792 bits per heavy atom. The van der Waals surface area contributed by atoms with Crippen molar-refractivity contribution in [3.05, 3.63) is 0 Å². The molecule has 6 atom stereocenters. The maximum absolute atomic E-state index is 13.1. The van der Waals surface area contributed by atoms with Gasteiger partial charge in [-0.05, 0) is 37.5 Å². The molecule has 3 N–H and O–H groups in total. The number of carbonyl (C=O) groups is 4. The third-order valence-electron chi connectivity index (χ3n) is 18.3. The lowest BCUT2D eigenvalue weighted by molar-refractivity contribution is -0.161. The lowest BCUT2D eigenvalue weighted by Crippen LogP contribution is -2.30. The molecular weight excluding hydrogens is 1260 g/mol. The number of aliphatic hydroxyl groups is 1. The first kappa shape index (κ1) is 94.1. The number of phosphoric acid groups is 2. The Morgan fingerprint density at radius 2 is 0.531 bits per heavy atom. The van der Waals surface area contributed by atoms with Gasteiger partial charge in [0.05, 0.1) is 26.4 Å². The van der Waals surface area contributed by atoms with Crippen LogP contribution >= 0.6 is 15.6 Å². The summed E-state index contributed by atoms with van der Waals surface area (Å²) < 4.78 is 68.3. The molecule has 0 aromatic rings. The highest BCUT2D eigenvalue weighted by molar-refractivity contribution is 7.47. The van der Waals surface area contributed by atoms with E-state index >= 15 is 0 Å². The summed E-state index contributed by atoms with van der Waals surface area (Å²) >= 11 is 0. The highest BCUT2D eigenvalue weighted by Crippen LogP contribution is 2.45. The van der Waals surface area contributed by atoms with Gasteiger partial charge in [0.25, 0.3) is 0 Å². The van der Waals surface area contributed by atoms with E-state index < -0.39 is 97.5 Å². The predicted octanol–water partition coefficient (Wildman–Crippen LogP) is 22.7. The van der Waals surface area contributed by atoms with Crippen molar-refractivity contribution in [2.75, 3.05) is 39.6 Å². The largest absolute Gasteiger partial charge is 0.472 e. The molecule has 0 aliphatic carbocycles. The topological polar surface area (TPSA) is 237 Å². The van der Waals surface area contributed by atoms with Gasteiger partial charge in [-0.15, -0.1) is 0 Å². The number of hydrogen-bond donors (Lipinski definition) is 3. The summed E-state index contributed by atoms with van der Waals surface area (Å²) in [6.07, 6.45) is 57.6. The highest BCUT2D eigenvalue weighted by atomic mass is 31.2. The number of esters is 4. The van der Waals surface area contributed by atoms with Gasteiger partial charge in [0.15, 0.2) is 12.2 Å². The van der Waals surface area contributed by atoms with Crippen LogP contribution in [0.5, 0.6) is 0 Å². The molecular formula is C77H150O17P2. The van der Waals surface area contributed by atoms with Crippen molar-refractivity contribution >= 4 is 39.5 Å². The Kier molecular flexibility index (Phi) is 67.4. The predicted molar refractivity (Wildman–Crippen MR) is 391 cm³/mol. The van der Waals surface area contributed by atoms with Gasteiger partial charge in [-0.1, -0.05) is 350 Å². The van der Waals surface area contributed by atoms with E-state index in [-0.39, 0.29) is 25.7 Å². The van der Waals surface area contributed by atoms with Crippen LogP contribution in [0, 0.1) is 11.8 Å². The molecule has 0 radical (unpaired) electrons. The maximum Gasteiger partial charge on any atom is 0.472 e. The van der Waals surface area contributed by atoms with E-state index in [9.17, 15) is 43.2 Å². The van der Waals surface area contributed by atoms with Crippen molar-refractivity contribution in [2.45, 2.75) is 419 Å². The van der Waals surface area contributed by atoms with Crippen LogP contribution in [-0.2, 0) is 65.4 Å². The first-order valence-electron chi connectivity index (χ1n) is 40.0. The van der Waals surface area contributed by atoms with Gasteiger partial charge in [-0.25, -0.2) is 9.13 Å². The summed E-state index contributed by atoms with van der Waals surface area (Å²) in [5, 5.41) is 10.6. The van der Waals surface area contributed by atoms with Crippen molar-refractivity contribution < 1.29 is 80.2 Å². The molecule has 0 amide bonds. The quantitative estimate of drug-likeness (QED) is 0.0222. The van der Waals surface area contributed by atoms with Crippen LogP contribution in [0.4, 0.5) is 0 Å². The lowest BCUT2D eigenvalue weighted by Gasteiger charge is -2.21. The van der Waals surface area contributed by atoms with Crippen LogP contribution in [-0.4, -0.2) is 96.7 Å². The molecule has 19 heteroatoms. The maximum atomic E-state index is 13.1.